The molecule has 2 aromatic carbocycles. The molecule has 1 fully saturated rings. The Hall–Kier alpha value is -2.20. The van der Waals surface area contributed by atoms with Crippen LogP contribution < -0.4 is 14.5 Å². The Labute approximate surface area is 187 Å². The molecule has 1 aliphatic rings. The predicted molar refractivity (Wildman–Crippen MR) is 127 cm³/mol. The number of fused-ring (bicyclic) bond motifs is 1. The highest BCUT2D eigenvalue weighted by Gasteiger charge is 2.18. The Morgan fingerprint density at radius 2 is 1.71 bits per heavy atom. The van der Waals surface area contributed by atoms with Crippen LogP contribution in [0.5, 0.6) is 0 Å². The highest BCUT2D eigenvalue weighted by molar-refractivity contribution is 7.89. The molecule has 3 aromatic rings. The number of anilines is 1. The molecule has 7 nitrogen and oxygen atoms in total. The van der Waals surface area contributed by atoms with E-state index in [0.29, 0.717) is 4.70 Å². The standard InChI is InChI=1S/C22H28N4O3S2/c1-16(2)26-20-9-8-19(14-21(20)30-22(26)27)31(28,29)23-15-17-4-6-18(7-5-17)25-12-10-24(3)11-13-25/h4-9,14,16,23H,10-13,15H2,1-3H3. The second-order valence-corrected chi connectivity index (χ2v) is 11.0. The van der Waals surface area contributed by atoms with Gasteiger partial charge in [0.15, 0.2) is 0 Å². The maximum atomic E-state index is 12.8. The van der Waals surface area contributed by atoms with Crippen molar-refractivity contribution in [3.05, 3.63) is 57.7 Å². The molecule has 31 heavy (non-hydrogen) atoms. The minimum atomic E-state index is -3.68. The number of hydrogen-bond donors (Lipinski definition) is 1. The monoisotopic (exact) mass is 460 g/mol. The van der Waals surface area contributed by atoms with Gasteiger partial charge in [-0.2, -0.15) is 0 Å². The van der Waals surface area contributed by atoms with Gasteiger partial charge in [-0.25, -0.2) is 13.1 Å². The van der Waals surface area contributed by atoms with Crippen LogP contribution in [-0.4, -0.2) is 51.1 Å². The average Bonchev–Trinajstić information content (AvgIpc) is 3.08. The maximum absolute atomic E-state index is 12.8. The number of nitrogens with zero attached hydrogens (tertiary/aromatic N) is 3. The van der Waals surface area contributed by atoms with Crippen molar-refractivity contribution in [2.24, 2.45) is 0 Å². The summed E-state index contributed by atoms with van der Waals surface area (Å²) in [5.74, 6) is 0. The highest BCUT2D eigenvalue weighted by Crippen LogP contribution is 2.24. The fourth-order valence-electron chi connectivity index (χ4n) is 3.82. The first kappa shape index (κ1) is 22.0. The lowest BCUT2D eigenvalue weighted by Gasteiger charge is -2.34. The van der Waals surface area contributed by atoms with Gasteiger partial charge in [0.05, 0.1) is 15.1 Å². The molecule has 0 aliphatic carbocycles. The van der Waals surface area contributed by atoms with Crippen LogP contribution >= 0.6 is 11.3 Å². The van der Waals surface area contributed by atoms with Crippen LogP contribution in [0.2, 0.25) is 0 Å². The fourth-order valence-corrected chi connectivity index (χ4v) is 5.99. The number of sulfonamides is 1. The summed E-state index contributed by atoms with van der Waals surface area (Å²) in [5.41, 5.74) is 2.83. The summed E-state index contributed by atoms with van der Waals surface area (Å²) >= 11 is 1.07. The van der Waals surface area contributed by atoms with Gasteiger partial charge in [0.25, 0.3) is 0 Å². The summed E-state index contributed by atoms with van der Waals surface area (Å²) in [7, 11) is -1.55. The van der Waals surface area contributed by atoms with Crippen molar-refractivity contribution in [2.75, 3.05) is 38.1 Å². The number of thiazole rings is 1. The zero-order valence-electron chi connectivity index (χ0n) is 18.0. The Bertz CT molecular complexity index is 1220. The molecule has 166 valence electrons. The fraction of sp³-hybridized carbons (Fsp3) is 0.409. The molecule has 0 atom stereocenters. The molecule has 0 unspecified atom stereocenters. The number of nitrogens with one attached hydrogen (secondary N) is 1. The van der Waals surface area contributed by atoms with Gasteiger partial charge in [-0.15, -0.1) is 0 Å². The van der Waals surface area contributed by atoms with E-state index in [1.807, 2.05) is 38.1 Å². The first-order valence-corrected chi connectivity index (χ1v) is 12.7. The van der Waals surface area contributed by atoms with Gasteiger partial charge >= 0.3 is 4.87 Å². The third-order valence-electron chi connectivity index (χ3n) is 5.68. The van der Waals surface area contributed by atoms with E-state index in [9.17, 15) is 13.2 Å². The number of likely N-dealkylation sites (N-methyl/N-ethyl adjacent to an activating group) is 1. The largest absolute Gasteiger partial charge is 0.369 e. The minimum Gasteiger partial charge on any atom is -0.369 e. The van der Waals surface area contributed by atoms with E-state index in [1.54, 1.807) is 22.8 Å². The van der Waals surface area contributed by atoms with Crippen molar-refractivity contribution >= 4 is 37.3 Å². The number of benzene rings is 2. The maximum Gasteiger partial charge on any atom is 0.308 e. The van der Waals surface area contributed by atoms with Crippen molar-refractivity contribution < 1.29 is 8.42 Å². The van der Waals surface area contributed by atoms with Gasteiger partial charge in [-0.1, -0.05) is 23.5 Å². The van der Waals surface area contributed by atoms with Crippen molar-refractivity contribution in [3.63, 3.8) is 0 Å². The van der Waals surface area contributed by atoms with E-state index in [0.717, 1.165) is 54.3 Å². The van der Waals surface area contributed by atoms with E-state index < -0.39 is 10.0 Å². The normalized spacial score (nSPS) is 15.8. The highest BCUT2D eigenvalue weighted by atomic mass is 32.2. The molecule has 2 heterocycles. The smallest absolute Gasteiger partial charge is 0.308 e. The zero-order valence-corrected chi connectivity index (χ0v) is 19.7. The first-order chi connectivity index (χ1) is 14.7. The van der Waals surface area contributed by atoms with E-state index in [4.69, 9.17) is 0 Å². The van der Waals surface area contributed by atoms with Crippen LogP contribution in [0.1, 0.15) is 25.5 Å². The summed E-state index contributed by atoms with van der Waals surface area (Å²) in [5, 5.41) is 0. The lowest BCUT2D eigenvalue weighted by atomic mass is 10.2. The molecule has 4 rings (SSSR count). The Balaban J connectivity index is 1.46. The van der Waals surface area contributed by atoms with Gasteiger partial charge < -0.3 is 9.80 Å². The molecular formula is C22H28N4O3S2. The molecule has 1 saturated heterocycles. The quantitative estimate of drug-likeness (QED) is 0.612. The molecule has 0 radical (unpaired) electrons. The van der Waals surface area contributed by atoms with Gasteiger partial charge in [0.2, 0.25) is 10.0 Å². The molecule has 1 aliphatic heterocycles. The van der Waals surface area contributed by atoms with Gasteiger partial charge in [0.1, 0.15) is 0 Å². The average molecular weight is 461 g/mol. The van der Waals surface area contributed by atoms with E-state index >= 15 is 0 Å². The molecule has 1 N–H and O–H groups in total. The number of rotatable bonds is 6. The molecule has 9 heteroatoms. The molecule has 0 saturated carbocycles. The lowest BCUT2D eigenvalue weighted by Crippen LogP contribution is -2.44. The van der Waals surface area contributed by atoms with Crippen LogP contribution in [0.4, 0.5) is 5.69 Å². The van der Waals surface area contributed by atoms with Gasteiger partial charge in [-0.05, 0) is 56.8 Å². The second-order valence-electron chi connectivity index (χ2n) is 8.24. The SMILES string of the molecule is CC(C)n1c(=O)sc2cc(S(=O)(=O)NCc3ccc(N4CCN(C)CC4)cc3)ccc21. The molecule has 0 bridgehead atoms. The van der Waals surface area contributed by atoms with Crippen molar-refractivity contribution in [1.82, 2.24) is 14.2 Å². The Kier molecular flexibility index (Phi) is 6.20. The number of aromatic nitrogens is 1. The summed E-state index contributed by atoms with van der Waals surface area (Å²) < 4.78 is 30.7. The van der Waals surface area contributed by atoms with Crippen LogP contribution in [0, 0.1) is 0 Å². The molecule has 1 aromatic heterocycles. The molecular weight excluding hydrogens is 432 g/mol. The topological polar surface area (TPSA) is 74.6 Å². The number of piperazine rings is 1. The Morgan fingerprint density at radius 1 is 1.03 bits per heavy atom. The summed E-state index contributed by atoms with van der Waals surface area (Å²) in [6, 6.07) is 12.9. The predicted octanol–water partition coefficient (Wildman–Crippen LogP) is 2.87. The lowest BCUT2D eigenvalue weighted by molar-refractivity contribution is 0.313. The molecule has 0 spiro atoms. The van der Waals surface area contributed by atoms with Crippen LogP contribution in [-0.2, 0) is 16.6 Å². The van der Waals surface area contributed by atoms with Gasteiger partial charge in [-0.3, -0.25) is 9.36 Å². The van der Waals surface area contributed by atoms with E-state index in [2.05, 4.69) is 21.6 Å². The van der Waals surface area contributed by atoms with Crippen LogP contribution in [0.3, 0.4) is 0 Å². The van der Waals surface area contributed by atoms with Crippen LogP contribution in [0.15, 0.2) is 52.2 Å². The third-order valence-corrected chi connectivity index (χ3v) is 8.00. The van der Waals surface area contributed by atoms with E-state index in [1.165, 1.54) is 0 Å². The number of hydrogen-bond acceptors (Lipinski definition) is 6. The Morgan fingerprint density at radius 3 is 2.35 bits per heavy atom. The van der Waals surface area contributed by atoms with Crippen molar-refractivity contribution in [2.45, 2.75) is 31.3 Å². The zero-order chi connectivity index (χ0) is 22.2. The second kappa shape index (κ2) is 8.74. The third kappa shape index (κ3) is 4.69. The summed E-state index contributed by atoms with van der Waals surface area (Å²) in [6.45, 7) is 8.17. The molecule has 0 amide bonds. The van der Waals surface area contributed by atoms with Crippen LogP contribution in [0.25, 0.3) is 10.2 Å². The van der Waals surface area contributed by atoms with E-state index in [-0.39, 0.29) is 22.4 Å². The van der Waals surface area contributed by atoms with Crippen molar-refractivity contribution in [3.8, 4) is 0 Å². The summed E-state index contributed by atoms with van der Waals surface area (Å²) in [4.78, 5) is 17.0. The van der Waals surface area contributed by atoms with Crippen molar-refractivity contribution in [1.29, 1.82) is 0 Å². The van der Waals surface area contributed by atoms with Gasteiger partial charge in [0, 0.05) is 44.5 Å². The summed E-state index contributed by atoms with van der Waals surface area (Å²) in [6.07, 6.45) is 0. The first-order valence-electron chi connectivity index (χ1n) is 10.4. The minimum absolute atomic E-state index is 0.0237.